The summed E-state index contributed by atoms with van der Waals surface area (Å²) in [6.07, 6.45) is 2.62. The van der Waals surface area contributed by atoms with Crippen LogP contribution in [0.1, 0.15) is 15.9 Å². The fraction of sp³-hybridized carbons (Fsp3) is 0.150. The van der Waals surface area contributed by atoms with Crippen molar-refractivity contribution in [3.8, 4) is 5.69 Å². The maximum atomic E-state index is 12.5. The maximum absolute atomic E-state index is 12.5. The van der Waals surface area contributed by atoms with Crippen molar-refractivity contribution in [1.82, 2.24) is 24.9 Å². The average Bonchev–Trinajstić information content (AvgIpc) is 3.28. The molecule has 0 radical (unpaired) electrons. The molecule has 2 amide bonds. The van der Waals surface area contributed by atoms with Gasteiger partial charge in [0.15, 0.2) is 0 Å². The maximum Gasteiger partial charge on any atom is 0.272 e. The number of aryl methyl sites for hydroxylation is 1. The number of carbonyl (C=O) groups is 2. The van der Waals surface area contributed by atoms with E-state index in [4.69, 9.17) is 0 Å². The molecule has 2 aromatic carbocycles. The minimum Gasteiger partial charge on any atom is -0.272 e. The molecule has 0 saturated carbocycles. The molecule has 0 atom stereocenters. The number of rotatable bonds is 7. The average molecular weight is 472 g/mol. The van der Waals surface area contributed by atoms with Gasteiger partial charge in [0, 0.05) is 25.4 Å². The number of hydrogen-bond acceptors (Lipinski definition) is 7. The molecular weight excluding hydrogens is 452 g/mol. The van der Waals surface area contributed by atoms with E-state index in [0.717, 1.165) is 9.87 Å². The SMILES string of the molecule is Cc1ccc(S(=O)(=O)N(C)CC(=O)NNC(=O)c2cnn(-c3ccc([N+](=O)[O-])cc3)c2)cc1. The molecule has 0 fully saturated rings. The van der Waals surface area contributed by atoms with Crippen LogP contribution >= 0.6 is 0 Å². The largest absolute Gasteiger partial charge is 0.272 e. The number of nitrogens with one attached hydrogen (secondary N) is 2. The van der Waals surface area contributed by atoms with Crippen LogP contribution in [-0.4, -0.2) is 52.8 Å². The lowest BCUT2D eigenvalue weighted by Crippen LogP contribution is -2.46. The Morgan fingerprint density at radius 3 is 2.33 bits per heavy atom. The van der Waals surface area contributed by atoms with Crippen molar-refractivity contribution in [3.05, 3.63) is 82.2 Å². The highest BCUT2D eigenvalue weighted by Gasteiger charge is 2.23. The Morgan fingerprint density at radius 1 is 1.09 bits per heavy atom. The molecule has 0 spiro atoms. The van der Waals surface area contributed by atoms with E-state index in [0.29, 0.717) is 5.69 Å². The quantitative estimate of drug-likeness (QED) is 0.386. The Balaban J connectivity index is 1.56. The van der Waals surface area contributed by atoms with Crippen LogP contribution < -0.4 is 10.9 Å². The van der Waals surface area contributed by atoms with Crippen LogP contribution in [0.5, 0.6) is 0 Å². The number of sulfonamides is 1. The van der Waals surface area contributed by atoms with Gasteiger partial charge in [-0.1, -0.05) is 17.7 Å². The molecular formula is C20H20N6O6S. The third-order valence-electron chi connectivity index (χ3n) is 4.58. The van der Waals surface area contributed by atoms with Gasteiger partial charge in [0.05, 0.1) is 33.8 Å². The summed E-state index contributed by atoms with van der Waals surface area (Å²) in [6.45, 7) is 1.31. The predicted molar refractivity (Wildman–Crippen MR) is 117 cm³/mol. The summed E-state index contributed by atoms with van der Waals surface area (Å²) in [5, 5.41) is 14.7. The number of non-ortho nitro benzene ring substituents is 1. The summed E-state index contributed by atoms with van der Waals surface area (Å²) >= 11 is 0. The molecule has 3 rings (SSSR count). The molecule has 13 heteroatoms. The Labute approximate surface area is 189 Å². The molecule has 33 heavy (non-hydrogen) atoms. The molecule has 1 heterocycles. The standard InChI is InChI=1S/C20H20N6O6S/c1-14-3-9-18(10-4-14)33(31,32)24(2)13-19(27)22-23-20(28)15-11-21-25(12-15)16-5-7-17(8-6-16)26(29)30/h3-12H,13H2,1-2H3,(H,22,27)(H,23,28). The van der Waals surface area contributed by atoms with Crippen molar-refractivity contribution in [3.63, 3.8) is 0 Å². The molecule has 3 aromatic rings. The highest BCUT2D eigenvalue weighted by Crippen LogP contribution is 2.16. The van der Waals surface area contributed by atoms with Crippen LogP contribution in [0.2, 0.25) is 0 Å². The van der Waals surface area contributed by atoms with Gasteiger partial charge in [-0.3, -0.25) is 30.6 Å². The molecule has 0 unspecified atom stereocenters. The van der Waals surface area contributed by atoms with Crippen LogP contribution in [0.15, 0.2) is 65.8 Å². The zero-order valence-electron chi connectivity index (χ0n) is 17.6. The van der Waals surface area contributed by atoms with Gasteiger partial charge in [-0.25, -0.2) is 13.1 Å². The van der Waals surface area contributed by atoms with Gasteiger partial charge in [-0.15, -0.1) is 0 Å². The summed E-state index contributed by atoms with van der Waals surface area (Å²) in [5.74, 6) is -1.43. The Kier molecular flexibility index (Phi) is 6.84. The molecule has 0 aliphatic heterocycles. The molecule has 12 nitrogen and oxygen atoms in total. The second-order valence-corrected chi connectivity index (χ2v) is 9.07. The fourth-order valence-electron chi connectivity index (χ4n) is 2.72. The van der Waals surface area contributed by atoms with Crippen molar-refractivity contribution in [2.75, 3.05) is 13.6 Å². The number of hydrogen-bond donors (Lipinski definition) is 2. The first kappa shape index (κ1) is 23.6. The van der Waals surface area contributed by atoms with E-state index >= 15 is 0 Å². The molecule has 172 valence electrons. The summed E-state index contributed by atoms with van der Waals surface area (Å²) in [7, 11) is -2.62. The molecule has 0 bridgehead atoms. The monoisotopic (exact) mass is 472 g/mol. The van der Waals surface area contributed by atoms with E-state index in [1.54, 1.807) is 12.1 Å². The second-order valence-electron chi connectivity index (χ2n) is 7.02. The molecule has 2 N–H and O–H groups in total. The first-order valence-electron chi connectivity index (χ1n) is 9.49. The van der Waals surface area contributed by atoms with Gasteiger partial charge in [0.2, 0.25) is 10.0 Å². The Hall–Kier alpha value is -4.10. The van der Waals surface area contributed by atoms with Crippen molar-refractivity contribution >= 4 is 27.5 Å². The number of benzene rings is 2. The lowest BCUT2D eigenvalue weighted by Gasteiger charge is -2.17. The highest BCUT2D eigenvalue weighted by molar-refractivity contribution is 7.89. The van der Waals surface area contributed by atoms with Gasteiger partial charge in [-0.05, 0) is 31.2 Å². The first-order chi connectivity index (χ1) is 15.6. The highest BCUT2D eigenvalue weighted by atomic mass is 32.2. The lowest BCUT2D eigenvalue weighted by molar-refractivity contribution is -0.384. The van der Waals surface area contributed by atoms with Crippen LogP contribution in [0.4, 0.5) is 5.69 Å². The second kappa shape index (κ2) is 9.58. The van der Waals surface area contributed by atoms with E-state index in [2.05, 4.69) is 16.0 Å². The molecule has 0 saturated heterocycles. The van der Waals surface area contributed by atoms with Crippen molar-refractivity contribution in [2.45, 2.75) is 11.8 Å². The minimum atomic E-state index is -3.87. The third-order valence-corrected chi connectivity index (χ3v) is 6.40. The van der Waals surface area contributed by atoms with Crippen LogP contribution in [0, 0.1) is 17.0 Å². The van der Waals surface area contributed by atoms with Gasteiger partial charge < -0.3 is 0 Å². The summed E-state index contributed by atoms with van der Waals surface area (Å²) in [6, 6.07) is 11.7. The first-order valence-corrected chi connectivity index (χ1v) is 10.9. The number of carbonyl (C=O) groups excluding carboxylic acids is 2. The number of amides is 2. The zero-order chi connectivity index (χ0) is 24.2. The van der Waals surface area contributed by atoms with Gasteiger partial charge in [0.25, 0.3) is 17.5 Å². The van der Waals surface area contributed by atoms with Crippen LogP contribution in [0.25, 0.3) is 5.69 Å². The summed E-state index contributed by atoms with van der Waals surface area (Å²) in [5.41, 5.74) is 5.76. The van der Waals surface area contributed by atoms with Crippen LogP contribution in [0.3, 0.4) is 0 Å². The van der Waals surface area contributed by atoms with E-state index in [-0.39, 0.29) is 16.1 Å². The fourth-order valence-corrected chi connectivity index (χ4v) is 3.85. The Morgan fingerprint density at radius 2 is 1.73 bits per heavy atom. The number of nitrogens with zero attached hydrogens (tertiary/aromatic N) is 4. The smallest absolute Gasteiger partial charge is 0.272 e. The normalized spacial score (nSPS) is 11.2. The molecule has 1 aromatic heterocycles. The van der Waals surface area contributed by atoms with E-state index < -0.39 is 33.3 Å². The van der Waals surface area contributed by atoms with Crippen molar-refractivity contribution < 1.29 is 22.9 Å². The van der Waals surface area contributed by atoms with E-state index in [1.807, 2.05) is 6.92 Å². The number of hydrazine groups is 1. The summed E-state index contributed by atoms with van der Waals surface area (Å²) in [4.78, 5) is 34.7. The van der Waals surface area contributed by atoms with Gasteiger partial charge in [-0.2, -0.15) is 9.40 Å². The number of likely N-dealkylation sites (N-methyl/N-ethyl adjacent to an activating group) is 1. The topological polar surface area (TPSA) is 157 Å². The minimum absolute atomic E-state index is 0.0473. The number of nitro benzene ring substituents is 1. The van der Waals surface area contributed by atoms with Crippen molar-refractivity contribution in [2.24, 2.45) is 0 Å². The summed E-state index contributed by atoms with van der Waals surface area (Å²) < 4.78 is 27.3. The Bertz CT molecular complexity index is 1290. The molecule has 0 aliphatic carbocycles. The van der Waals surface area contributed by atoms with E-state index in [1.165, 1.54) is 60.5 Å². The third kappa shape index (κ3) is 5.58. The zero-order valence-corrected chi connectivity index (χ0v) is 18.4. The van der Waals surface area contributed by atoms with Crippen molar-refractivity contribution in [1.29, 1.82) is 0 Å². The van der Waals surface area contributed by atoms with E-state index in [9.17, 15) is 28.1 Å². The number of nitro groups is 1. The van der Waals surface area contributed by atoms with Gasteiger partial charge in [0.1, 0.15) is 0 Å². The van der Waals surface area contributed by atoms with Crippen LogP contribution in [-0.2, 0) is 14.8 Å². The molecule has 0 aliphatic rings. The van der Waals surface area contributed by atoms with Gasteiger partial charge >= 0.3 is 0 Å². The number of aromatic nitrogens is 2. The lowest BCUT2D eigenvalue weighted by atomic mass is 10.2. The predicted octanol–water partition coefficient (Wildman–Crippen LogP) is 1.17.